The summed E-state index contributed by atoms with van der Waals surface area (Å²) in [6.07, 6.45) is 1.66. The molecule has 2 amide bonds. The Hall–Kier alpha value is -3.47. The third kappa shape index (κ3) is 8.55. The molecule has 1 N–H and O–H groups in total. The number of anilines is 1. The molecule has 0 aliphatic rings. The summed E-state index contributed by atoms with van der Waals surface area (Å²) < 4.78 is 40.1. The van der Waals surface area contributed by atoms with Gasteiger partial charge in [-0.2, -0.15) is 0 Å². The number of hydrogen-bond acceptors (Lipinski definition) is 6. The molecule has 0 aromatic heterocycles. The van der Waals surface area contributed by atoms with Crippen molar-refractivity contribution in [3.63, 3.8) is 0 Å². The third-order valence-corrected chi connectivity index (χ3v) is 9.39. The summed E-state index contributed by atoms with van der Waals surface area (Å²) in [7, 11) is -1.44. The molecule has 0 bridgehead atoms. The predicted molar refractivity (Wildman–Crippen MR) is 170 cm³/mol. The lowest BCUT2D eigenvalue weighted by molar-refractivity contribution is -0.139. The van der Waals surface area contributed by atoms with Gasteiger partial charge in [-0.05, 0) is 62.2 Å². The molecule has 12 heteroatoms. The number of nitrogens with zero attached hydrogens (tertiary/aromatic N) is 2. The van der Waals surface area contributed by atoms with Crippen LogP contribution in [0.5, 0.6) is 11.5 Å². The molecule has 232 valence electrons. The number of unbranched alkanes of at least 4 members (excludes halogenated alkanes) is 1. The van der Waals surface area contributed by atoms with E-state index in [0.717, 1.165) is 22.7 Å². The Morgan fingerprint density at radius 3 is 2.26 bits per heavy atom. The second-order valence-electron chi connectivity index (χ2n) is 9.95. The van der Waals surface area contributed by atoms with E-state index in [9.17, 15) is 18.0 Å². The fraction of sp³-hybridized carbons (Fsp3) is 0.355. The van der Waals surface area contributed by atoms with Gasteiger partial charge in [-0.25, -0.2) is 8.42 Å². The fourth-order valence-corrected chi connectivity index (χ4v) is 6.03. The zero-order valence-corrected chi connectivity index (χ0v) is 27.2. The molecule has 1 atom stereocenters. The van der Waals surface area contributed by atoms with Crippen LogP contribution in [-0.4, -0.2) is 58.5 Å². The lowest BCUT2D eigenvalue weighted by atomic mass is 10.1. The molecular weight excluding hydrogens is 613 g/mol. The molecule has 0 heterocycles. The van der Waals surface area contributed by atoms with Crippen molar-refractivity contribution in [1.82, 2.24) is 10.2 Å². The lowest BCUT2D eigenvalue weighted by Gasteiger charge is -2.32. The van der Waals surface area contributed by atoms with Crippen molar-refractivity contribution in [3.05, 3.63) is 81.8 Å². The second kappa shape index (κ2) is 15.3. The number of halogens is 2. The van der Waals surface area contributed by atoms with E-state index in [0.29, 0.717) is 22.9 Å². The molecule has 0 saturated heterocycles. The topological polar surface area (TPSA) is 105 Å². The van der Waals surface area contributed by atoms with Crippen molar-refractivity contribution in [2.75, 3.05) is 31.6 Å². The van der Waals surface area contributed by atoms with Gasteiger partial charge >= 0.3 is 0 Å². The number of aryl methyl sites for hydroxylation is 1. The number of ether oxygens (including phenoxy) is 2. The third-order valence-electron chi connectivity index (χ3n) is 6.88. The van der Waals surface area contributed by atoms with Crippen molar-refractivity contribution >= 4 is 50.7 Å². The average molecular weight is 651 g/mol. The Morgan fingerprint density at radius 1 is 0.953 bits per heavy atom. The summed E-state index contributed by atoms with van der Waals surface area (Å²) in [6.45, 7) is 5.24. The number of methoxy groups -OCH3 is 2. The number of sulfonamides is 1. The molecule has 3 aromatic carbocycles. The van der Waals surface area contributed by atoms with Crippen molar-refractivity contribution in [2.45, 2.75) is 51.1 Å². The minimum Gasteiger partial charge on any atom is -0.497 e. The Bertz CT molecular complexity index is 1530. The van der Waals surface area contributed by atoms with Crippen LogP contribution in [0.1, 0.15) is 37.8 Å². The van der Waals surface area contributed by atoms with Crippen LogP contribution < -0.4 is 19.1 Å². The smallest absolute Gasteiger partial charge is 0.264 e. The summed E-state index contributed by atoms with van der Waals surface area (Å²) in [5.74, 6) is -0.409. The predicted octanol–water partition coefficient (Wildman–Crippen LogP) is 5.85. The van der Waals surface area contributed by atoms with Crippen LogP contribution in [0.2, 0.25) is 10.0 Å². The van der Waals surface area contributed by atoms with E-state index < -0.39 is 28.5 Å². The highest BCUT2D eigenvalue weighted by atomic mass is 35.5. The number of hydrogen-bond donors (Lipinski definition) is 1. The fourth-order valence-electron chi connectivity index (χ4n) is 4.30. The zero-order chi connectivity index (χ0) is 31.7. The maximum atomic E-state index is 14.2. The molecule has 0 aliphatic carbocycles. The highest BCUT2D eigenvalue weighted by molar-refractivity contribution is 7.92. The molecular formula is C31H37Cl2N3O6S. The van der Waals surface area contributed by atoms with Crippen molar-refractivity contribution in [2.24, 2.45) is 0 Å². The molecule has 43 heavy (non-hydrogen) atoms. The van der Waals surface area contributed by atoms with Crippen molar-refractivity contribution in [3.8, 4) is 11.5 Å². The van der Waals surface area contributed by atoms with Crippen LogP contribution in [0, 0.1) is 6.92 Å². The Balaban J connectivity index is 2.10. The first-order valence-corrected chi connectivity index (χ1v) is 15.9. The summed E-state index contributed by atoms with van der Waals surface area (Å²) in [5, 5.41) is 3.49. The van der Waals surface area contributed by atoms with Gasteiger partial charge in [0.2, 0.25) is 11.8 Å². The summed E-state index contributed by atoms with van der Waals surface area (Å²) >= 11 is 12.3. The van der Waals surface area contributed by atoms with Crippen LogP contribution >= 0.6 is 23.2 Å². The van der Waals surface area contributed by atoms with Crippen LogP contribution in [0.25, 0.3) is 0 Å². The van der Waals surface area contributed by atoms with Crippen LogP contribution in [0.15, 0.2) is 65.6 Å². The van der Waals surface area contributed by atoms with E-state index in [2.05, 4.69) is 5.32 Å². The minimum absolute atomic E-state index is 0.0165. The van der Waals surface area contributed by atoms with Crippen molar-refractivity contribution < 1.29 is 27.5 Å². The van der Waals surface area contributed by atoms with E-state index in [1.807, 2.05) is 13.8 Å². The van der Waals surface area contributed by atoms with Gasteiger partial charge in [0, 0.05) is 19.2 Å². The number of amides is 2. The first-order valence-electron chi connectivity index (χ1n) is 13.8. The molecule has 3 rings (SSSR count). The van der Waals surface area contributed by atoms with Gasteiger partial charge in [0.1, 0.15) is 24.1 Å². The number of nitrogens with one attached hydrogen (secondary N) is 1. The zero-order valence-electron chi connectivity index (χ0n) is 24.9. The van der Waals surface area contributed by atoms with E-state index >= 15 is 0 Å². The van der Waals surface area contributed by atoms with Crippen LogP contribution in [0.3, 0.4) is 0 Å². The summed E-state index contributed by atoms with van der Waals surface area (Å²) in [6, 6.07) is 15.0. The maximum Gasteiger partial charge on any atom is 0.264 e. The monoisotopic (exact) mass is 649 g/mol. The quantitative estimate of drug-likeness (QED) is 0.220. The lowest BCUT2D eigenvalue weighted by Crippen LogP contribution is -2.51. The summed E-state index contributed by atoms with van der Waals surface area (Å²) in [5.41, 5.74) is 1.59. The molecule has 0 aliphatic heterocycles. The molecule has 0 fully saturated rings. The van der Waals surface area contributed by atoms with Gasteiger partial charge in [-0.1, -0.05) is 60.3 Å². The van der Waals surface area contributed by atoms with E-state index in [1.54, 1.807) is 49.4 Å². The van der Waals surface area contributed by atoms with E-state index in [-0.39, 0.29) is 33.8 Å². The summed E-state index contributed by atoms with van der Waals surface area (Å²) in [4.78, 5) is 28.6. The van der Waals surface area contributed by atoms with Crippen molar-refractivity contribution in [1.29, 1.82) is 0 Å². The minimum atomic E-state index is -4.29. The highest BCUT2D eigenvalue weighted by Gasteiger charge is 2.34. The molecule has 1 unspecified atom stereocenters. The Labute approximate surface area is 263 Å². The molecule has 3 aromatic rings. The van der Waals surface area contributed by atoms with Gasteiger partial charge in [0.05, 0.1) is 34.8 Å². The molecule has 0 radical (unpaired) electrons. The van der Waals surface area contributed by atoms with E-state index in [1.165, 1.54) is 37.3 Å². The standard InChI is InChI=1S/C31H37Cl2N3O6S/c1-6-7-16-34-31(38)22(3)35(19-23-10-14-26(32)27(33)17-23)30(37)20-36(28-18-24(41-4)11-15-29(28)42-5)43(39,40)25-12-8-21(2)9-13-25/h8-15,17-18,22H,6-7,16,19-20H2,1-5H3,(H,34,38). The number of carbonyl (C=O) groups excluding carboxylic acids is 2. The number of carbonyl (C=O) groups is 2. The largest absolute Gasteiger partial charge is 0.497 e. The SMILES string of the molecule is CCCCNC(=O)C(C)N(Cc1ccc(Cl)c(Cl)c1)C(=O)CN(c1cc(OC)ccc1OC)S(=O)(=O)c1ccc(C)cc1. The van der Waals surface area contributed by atoms with Gasteiger partial charge < -0.3 is 19.7 Å². The van der Waals surface area contributed by atoms with Gasteiger partial charge in [0.25, 0.3) is 10.0 Å². The highest BCUT2D eigenvalue weighted by Crippen LogP contribution is 2.36. The first-order chi connectivity index (χ1) is 20.4. The molecule has 0 spiro atoms. The molecule has 0 saturated carbocycles. The van der Waals surface area contributed by atoms with Gasteiger partial charge in [0.15, 0.2) is 0 Å². The Kier molecular flexibility index (Phi) is 12.1. The van der Waals surface area contributed by atoms with Crippen LogP contribution in [0.4, 0.5) is 5.69 Å². The van der Waals surface area contributed by atoms with Gasteiger partial charge in [-0.3, -0.25) is 13.9 Å². The normalized spacial score (nSPS) is 11.9. The maximum absolute atomic E-state index is 14.2. The molecule has 9 nitrogen and oxygen atoms in total. The van der Waals surface area contributed by atoms with Gasteiger partial charge in [-0.15, -0.1) is 0 Å². The second-order valence-corrected chi connectivity index (χ2v) is 12.6. The average Bonchev–Trinajstić information content (AvgIpc) is 2.99. The number of benzene rings is 3. The van der Waals surface area contributed by atoms with E-state index in [4.69, 9.17) is 32.7 Å². The van der Waals surface area contributed by atoms with Crippen LogP contribution in [-0.2, 0) is 26.2 Å². The first kappa shape index (κ1) is 34.0. The Morgan fingerprint density at radius 2 is 1.65 bits per heavy atom. The number of rotatable bonds is 14.